The predicted molar refractivity (Wildman–Crippen MR) is 142 cm³/mol. The van der Waals surface area contributed by atoms with Gasteiger partial charge in [-0.15, -0.1) is 0 Å². The van der Waals surface area contributed by atoms with Crippen molar-refractivity contribution in [2.45, 2.75) is 46.6 Å². The van der Waals surface area contributed by atoms with Crippen LogP contribution in [0, 0.1) is 11.2 Å². The number of nitrogens with two attached hydrogens (primary N) is 1. The van der Waals surface area contributed by atoms with E-state index in [1.165, 1.54) is 4.90 Å². The molecule has 0 unspecified atom stereocenters. The molecule has 0 atom stereocenters. The first-order valence-electron chi connectivity index (χ1n) is 12.8. The Kier molecular flexibility index (Phi) is 7.53. The number of Topliss-reactive ketones (excluding diaryl/α,β-unsaturated/α-hetero) is 1. The summed E-state index contributed by atoms with van der Waals surface area (Å²) in [5.74, 6) is -0.558. The Balaban J connectivity index is 1.67. The molecule has 9 nitrogen and oxygen atoms in total. The summed E-state index contributed by atoms with van der Waals surface area (Å²) in [6.07, 6.45) is 0. The van der Waals surface area contributed by atoms with Gasteiger partial charge in [0, 0.05) is 17.7 Å². The van der Waals surface area contributed by atoms with Gasteiger partial charge in [-0.3, -0.25) is 15.0 Å². The van der Waals surface area contributed by atoms with E-state index < -0.39 is 11.7 Å². The van der Waals surface area contributed by atoms with Gasteiger partial charge < -0.3 is 29.7 Å². The van der Waals surface area contributed by atoms with E-state index in [9.17, 15) is 9.59 Å². The average molecular weight is 527 g/mol. The molecule has 0 fully saturated rings. The van der Waals surface area contributed by atoms with E-state index in [-0.39, 0.29) is 60.3 Å². The van der Waals surface area contributed by atoms with Crippen LogP contribution in [-0.4, -0.2) is 61.9 Å². The number of hydrogen-bond acceptors (Lipinski definition) is 7. The molecule has 2 aromatic carbocycles. The lowest BCUT2D eigenvalue weighted by Crippen LogP contribution is -2.40. The first-order chi connectivity index (χ1) is 18.0. The molecule has 204 valence electrons. The van der Waals surface area contributed by atoms with Crippen molar-refractivity contribution in [3.63, 3.8) is 0 Å². The van der Waals surface area contributed by atoms with Gasteiger partial charge in [0.1, 0.15) is 18.2 Å². The molecule has 0 spiro atoms. The summed E-state index contributed by atoms with van der Waals surface area (Å²) in [6, 6.07) is 5.20. The summed E-state index contributed by atoms with van der Waals surface area (Å²) in [6.45, 7) is 11.1. The van der Waals surface area contributed by atoms with Crippen molar-refractivity contribution in [2.75, 3.05) is 44.4 Å². The minimum atomic E-state index is -0.657. The van der Waals surface area contributed by atoms with Gasteiger partial charge in [-0.2, -0.15) is 0 Å². The Morgan fingerprint density at radius 2 is 1.82 bits per heavy atom. The SMILES string of the molecule is CCOc1cc2c(c(F)c1OCC)C(=N)N(CC(=O)c1cc3c(c(C(C)(C)C)c1)OCCN3CC(N)=O)C2. The molecule has 1 amide bonds. The highest BCUT2D eigenvalue weighted by atomic mass is 19.1. The summed E-state index contributed by atoms with van der Waals surface area (Å²) in [5, 5.41) is 8.65. The molecule has 2 heterocycles. The smallest absolute Gasteiger partial charge is 0.236 e. The number of ketones is 1. The third-order valence-electron chi connectivity index (χ3n) is 6.60. The fourth-order valence-electron chi connectivity index (χ4n) is 4.87. The third kappa shape index (κ3) is 5.12. The van der Waals surface area contributed by atoms with Crippen molar-refractivity contribution < 1.29 is 28.2 Å². The number of nitrogens with one attached hydrogen (secondary N) is 1. The van der Waals surface area contributed by atoms with E-state index in [1.807, 2.05) is 31.7 Å². The zero-order chi connectivity index (χ0) is 27.8. The molecule has 2 aromatic rings. The fourth-order valence-corrected chi connectivity index (χ4v) is 4.87. The van der Waals surface area contributed by atoms with Crippen LogP contribution < -0.4 is 24.8 Å². The van der Waals surface area contributed by atoms with Gasteiger partial charge in [-0.1, -0.05) is 20.8 Å². The summed E-state index contributed by atoms with van der Waals surface area (Å²) in [5.41, 5.74) is 7.70. The van der Waals surface area contributed by atoms with E-state index in [2.05, 4.69) is 0 Å². The molecule has 3 N–H and O–H groups in total. The molecule has 2 aliphatic rings. The normalized spacial score (nSPS) is 14.6. The molecule has 0 radical (unpaired) electrons. The molecule has 0 bridgehead atoms. The lowest BCUT2D eigenvalue weighted by molar-refractivity contribution is -0.116. The lowest BCUT2D eigenvalue weighted by atomic mass is 9.84. The van der Waals surface area contributed by atoms with Crippen molar-refractivity contribution in [1.29, 1.82) is 5.41 Å². The van der Waals surface area contributed by atoms with Gasteiger partial charge in [0.2, 0.25) is 5.91 Å². The van der Waals surface area contributed by atoms with Gasteiger partial charge >= 0.3 is 0 Å². The Morgan fingerprint density at radius 1 is 1.11 bits per heavy atom. The highest BCUT2D eigenvalue weighted by Gasteiger charge is 2.34. The monoisotopic (exact) mass is 526 g/mol. The molecule has 2 aliphatic heterocycles. The quantitative estimate of drug-likeness (QED) is 0.479. The second-order valence-electron chi connectivity index (χ2n) is 10.4. The summed E-state index contributed by atoms with van der Waals surface area (Å²) >= 11 is 0. The molecular formula is C28H35FN4O5. The first-order valence-corrected chi connectivity index (χ1v) is 12.8. The number of hydrogen-bond donors (Lipinski definition) is 2. The minimum Gasteiger partial charge on any atom is -0.490 e. The molecule has 4 rings (SSSR count). The highest BCUT2D eigenvalue weighted by Crippen LogP contribution is 2.43. The van der Waals surface area contributed by atoms with Gasteiger partial charge in [-0.05, 0) is 43.0 Å². The molecule has 0 saturated heterocycles. The van der Waals surface area contributed by atoms with Crippen molar-refractivity contribution >= 4 is 23.2 Å². The first kappa shape index (κ1) is 27.2. The van der Waals surface area contributed by atoms with Crippen LogP contribution >= 0.6 is 0 Å². The fraction of sp³-hybridized carbons (Fsp3) is 0.464. The van der Waals surface area contributed by atoms with Crippen LogP contribution in [0.5, 0.6) is 17.2 Å². The zero-order valence-electron chi connectivity index (χ0n) is 22.6. The Labute approximate surface area is 222 Å². The number of carbonyl (C=O) groups is 2. The number of fused-ring (bicyclic) bond motifs is 2. The second-order valence-corrected chi connectivity index (χ2v) is 10.4. The Bertz CT molecular complexity index is 1290. The van der Waals surface area contributed by atoms with Crippen LogP contribution in [0.1, 0.15) is 61.7 Å². The predicted octanol–water partition coefficient (Wildman–Crippen LogP) is 3.63. The summed E-state index contributed by atoms with van der Waals surface area (Å²) in [4.78, 5) is 28.6. The van der Waals surface area contributed by atoms with Crippen molar-refractivity contribution in [3.05, 3.63) is 46.3 Å². The van der Waals surface area contributed by atoms with Crippen LogP contribution in [0.25, 0.3) is 0 Å². The molecule has 10 heteroatoms. The number of nitrogens with zero attached hydrogens (tertiary/aromatic N) is 2. The number of amidine groups is 1. The number of halogens is 1. The number of benzene rings is 2. The summed E-state index contributed by atoms with van der Waals surface area (Å²) < 4.78 is 32.5. The van der Waals surface area contributed by atoms with Gasteiger partial charge in [0.25, 0.3) is 0 Å². The number of ether oxygens (including phenoxy) is 3. The maximum Gasteiger partial charge on any atom is 0.236 e. The van der Waals surface area contributed by atoms with Crippen LogP contribution in [0.3, 0.4) is 0 Å². The van der Waals surface area contributed by atoms with Crippen LogP contribution in [-0.2, 0) is 16.8 Å². The number of anilines is 1. The molecule has 0 saturated carbocycles. The van der Waals surface area contributed by atoms with Gasteiger partial charge in [-0.25, -0.2) is 4.39 Å². The Hall–Kier alpha value is -3.82. The van der Waals surface area contributed by atoms with E-state index in [4.69, 9.17) is 25.4 Å². The van der Waals surface area contributed by atoms with E-state index in [0.717, 1.165) is 5.56 Å². The standard InChI is InChI=1S/C28H35FN4O5/c1-6-36-21-12-17-13-33(27(31)23(17)24(29)26(21)37-7-2)14-20(34)16-10-18(28(3,4)5)25-19(11-16)32(8-9-38-25)15-22(30)35/h10-12,31H,6-9,13-15H2,1-5H3,(H2,30,35). The Morgan fingerprint density at radius 3 is 2.45 bits per heavy atom. The maximum atomic E-state index is 15.4. The topological polar surface area (TPSA) is 118 Å². The lowest BCUT2D eigenvalue weighted by Gasteiger charge is -2.35. The van der Waals surface area contributed by atoms with Gasteiger partial charge in [0.05, 0.1) is 44.1 Å². The highest BCUT2D eigenvalue weighted by molar-refractivity contribution is 6.06. The van der Waals surface area contributed by atoms with Crippen molar-refractivity contribution in [1.82, 2.24) is 4.90 Å². The third-order valence-corrected chi connectivity index (χ3v) is 6.60. The average Bonchev–Trinajstić information content (AvgIpc) is 3.15. The number of carbonyl (C=O) groups excluding carboxylic acids is 2. The van der Waals surface area contributed by atoms with Crippen LogP contribution in [0.4, 0.5) is 10.1 Å². The van der Waals surface area contributed by atoms with E-state index in [1.54, 1.807) is 26.0 Å². The van der Waals surface area contributed by atoms with Crippen LogP contribution in [0.15, 0.2) is 18.2 Å². The summed E-state index contributed by atoms with van der Waals surface area (Å²) in [7, 11) is 0. The molecule has 38 heavy (non-hydrogen) atoms. The van der Waals surface area contributed by atoms with E-state index >= 15 is 4.39 Å². The second kappa shape index (κ2) is 10.5. The minimum absolute atomic E-state index is 0.00721. The number of rotatable bonds is 9. The molecule has 0 aromatic heterocycles. The van der Waals surface area contributed by atoms with Crippen molar-refractivity contribution in [3.8, 4) is 17.2 Å². The molecule has 0 aliphatic carbocycles. The van der Waals surface area contributed by atoms with Crippen molar-refractivity contribution in [2.24, 2.45) is 5.73 Å². The number of primary amides is 1. The zero-order valence-corrected chi connectivity index (χ0v) is 22.6. The van der Waals surface area contributed by atoms with E-state index in [0.29, 0.717) is 42.3 Å². The van der Waals surface area contributed by atoms with Gasteiger partial charge in [0.15, 0.2) is 23.1 Å². The van der Waals surface area contributed by atoms with Crippen LogP contribution in [0.2, 0.25) is 0 Å². The maximum absolute atomic E-state index is 15.4. The largest absolute Gasteiger partial charge is 0.490 e. The molecular weight excluding hydrogens is 491 g/mol. The number of amides is 1.